The number of carbonyl (C=O) groups excluding carboxylic acids is 2. The van der Waals surface area contributed by atoms with Crippen LogP contribution in [0, 0.1) is 25.7 Å². The number of urea groups is 1. The van der Waals surface area contributed by atoms with Gasteiger partial charge < -0.3 is 15.5 Å². The molecule has 0 bridgehead atoms. The SMILES string of the molecule is Cc1cccc(NC(=O)N2CCC(C(=O)NC(c3ncccc3C)C(C)C)CC2)c1. The number of likely N-dealkylation sites (tertiary alicyclic amines) is 1. The van der Waals surface area contributed by atoms with Crippen LogP contribution in [0.15, 0.2) is 42.6 Å². The summed E-state index contributed by atoms with van der Waals surface area (Å²) >= 11 is 0. The molecular weight excluding hydrogens is 376 g/mol. The van der Waals surface area contributed by atoms with Gasteiger partial charge in [-0.1, -0.05) is 32.0 Å². The van der Waals surface area contributed by atoms with Crippen molar-refractivity contribution in [2.75, 3.05) is 18.4 Å². The number of amides is 3. The highest BCUT2D eigenvalue weighted by atomic mass is 16.2. The fourth-order valence-corrected chi connectivity index (χ4v) is 3.92. The third-order valence-electron chi connectivity index (χ3n) is 5.73. The smallest absolute Gasteiger partial charge is 0.321 e. The van der Waals surface area contributed by atoms with E-state index in [1.165, 1.54) is 0 Å². The Kier molecular flexibility index (Phi) is 7.08. The number of aryl methyl sites for hydroxylation is 2. The molecule has 0 spiro atoms. The van der Waals surface area contributed by atoms with Crippen molar-refractivity contribution < 1.29 is 9.59 Å². The Morgan fingerprint density at radius 3 is 2.47 bits per heavy atom. The summed E-state index contributed by atoms with van der Waals surface area (Å²) in [7, 11) is 0. The first-order chi connectivity index (χ1) is 14.3. The van der Waals surface area contributed by atoms with Crippen LogP contribution in [-0.4, -0.2) is 34.9 Å². The standard InChI is InChI=1S/C24H32N4O2/c1-16(2)21(22-18(4)8-6-12-25-22)27-23(29)19-10-13-28(14-11-19)24(30)26-20-9-5-7-17(3)15-20/h5-9,12,15-16,19,21H,10-11,13-14H2,1-4H3,(H,26,30)(H,27,29). The van der Waals surface area contributed by atoms with Crippen LogP contribution in [0.1, 0.15) is 49.6 Å². The van der Waals surface area contributed by atoms with Crippen LogP contribution in [0.2, 0.25) is 0 Å². The van der Waals surface area contributed by atoms with Gasteiger partial charge in [0.2, 0.25) is 5.91 Å². The van der Waals surface area contributed by atoms with Crippen LogP contribution in [0.3, 0.4) is 0 Å². The van der Waals surface area contributed by atoms with Crippen LogP contribution in [0.4, 0.5) is 10.5 Å². The van der Waals surface area contributed by atoms with Crippen molar-refractivity contribution in [1.29, 1.82) is 0 Å². The molecule has 6 heteroatoms. The minimum absolute atomic E-state index is 0.0532. The van der Waals surface area contributed by atoms with E-state index in [-0.39, 0.29) is 29.8 Å². The van der Waals surface area contributed by atoms with E-state index in [4.69, 9.17) is 0 Å². The maximum absolute atomic E-state index is 12.9. The molecule has 3 amide bonds. The summed E-state index contributed by atoms with van der Waals surface area (Å²) in [5.41, 5.74) is 3.91. The maximum atomic E-state index is 12.9. The predicted molar refractivity (Wildman–Crippen MR) is 119 cm³/mol. The summed E-state index contributed by atoms with van der Waals surface area (Å²) in [5.74, 6) is 0.207. The molecule has 1 aromatic heterocycles. The van der Waals surface area contributed by atoms with Crippen LogP contribution in [-0.2, 0) is 4.79 Å². The van der Waals surface area contributed by atoms with E-state index < -0.39 is 0 Å². The zero-order chi connectivity index (χ0) is 21.7. The number of pyridine rings is 1. The summed E-state index contributed by atoms with van der Waals surface area (Å²) in [6.45, 7) is 9.36. The van der Waals surface area contributed by atoms with E-state index in [0.29, 0.717) is 25.9 Å². The lowest BCUT2D eigenvalue weighted by Gasteiger charge is -2.33. The summed E-state index contributed by atoms with van der Waals surface area (Å²) in [4.78, 5) is 31.8. The van der Waals surface area contributed by atoms with Gasteiger partial charge in [-0.15, -0.1) is 0 Å². The molecule has 1 unspecified atom stereocenters. The quantitative estimate of drug-likeness (QED) is 0.767. The van der Waals surface area contributed by atoms with Gasteiger partial charge in [0.1, 0.15) is 0 Å². The van der Waals surface area contributed by atoms with Crippen LogP contribution < -0.4 is 10.6 Å². The minimum atomic E-state index is -0.110. The molecule has 0 aliphatic carbocycles. The first-order valence-corrected chi connectivity index (χ1v) is 10.7. The average molecular weight is 409 g/mol. The molecule has 3 rings (SSSR count). The number of nitrogens with one attached hydrogen (secondary N) is 2. The number of aromatic nitrogens is 1. The average Bonchev–Trinajstić information content (AvgIpc) is 2.72. The van der Waals surface area contributed by atoms with E-state index >= 15 is 0 Å². The van der Waals surface area contributed by atoms with Crippen molar-refractivity contribution in [2.24, 2.45) is 11.8 Å². The second-order valence-corrected chi connectivity index (χ2v) is 8.50. The van der Waals surface area contributed by atoms with Gasteiger partial charge >= 0.3 is 6.03 Å². The second-order valence-electron chi connectivity index (χ2n) is 8.50. The van der Waals surface area contributed by atoms with Crippen molar-refractivity contribution in [3.05, 3.63) is 59.4 Å². The Bertz CT molecular complexity index is 888. The molecule has 2 heterocycles. The molecular formula is C24H32N4O2. The summed E-state index contributed by atoms with van der Waals surface area (Å²) in [5, 5.41) is 6.16. The lowest BCUT2D eigenvalue weighted by molar-refractivity contribution is -0.127. The minimum Gasteiger partial charge on any atom is -0.347 e. The molecule has 0 radical (unpaired) electrons. The number of hydrogen-bond donors (Lipinski definition) is 2. The van der Waals surface area contributed by atoms with Gasteiger partial charge in [0.15, 0.2) is 0 Å². The number of benzene rings is 1. The molecule has 1 aliphatic heterocycles. The first-order valence-electron chi connectivity index (χ1n) is 10.7. The Morgan fingerprint density at radius 1 is 1.10 bits per heavy atom. The zero-order valence-electron chi connectivity index (χ0n) is 18.3. The molecule has 2 N–H and O–H groups in total. The van der Waals surface area contributed by atoms with Crippen molar-refractivity contribution in [2.45, 2.75) is 46.6 Å². The van der Waals surface area contributed by atoms with Gasteiger partial charge in [-0.05, 0) is 61.9 Å². The Balaban J connectivity index is 1.55. The molecule has 6 nitrogen and oxygen atoms in total. The van der Waals surface area contributed by atoms with Crippen molar-refractivity contribution in [1.82, 2.24) is 15.2 Å². The largest absolute Gasteiger partial charge is 0.347 e. The zero-order valence-corrected chi connectivity index (χ0v) is 18.3. The van der Waals surface area contributed by atoms with Gasteiger partial charge in [0.05, 0.1) is 11.7 Å². The van der Waals surface area contributed by atoms with Crippen molar-refractivity contribution >= 4 is 17.6 Å². The van der Waals surface area contributed by atoms with Crippen LogP contribution in [0.25, 0.3) is 0 Å². The maximum Gasteiger partial charge on any atom is 0.321 e. The second kappa shape index (κ2) is 9.74. The molecule has 1 aliphatic rings. The Labute approximate surface area is 179 Å². The van der Waals surface area contributed by atoms with Gasteiger partial charge in [-0.3, -0.25) is 9.78 Å². The van der Waals surface area contributed by atoms with Crippen molar-refractivity contribution in [3.8, 4) is 0 Å². The highest BCUT2D eigenvalue weighted by Crippen LogP contribution is 2.25. The number of anilines is 1. The monoisotopic (exact) mass is 408 g/mol. The third-order valence-corrected chi connectivity index (χ3v) is 5.73. The predicted octanol–water partition coefficient (Wildman–Crippen LogP) is 4.46. The molecule has 1 atom stereocenters. The number of nitrogens with zero attached hydrogens (tertiary/aromatic N) is 2. The Morgan fingerprint density at radius 2 is 1.83 bits per heavy atom. The highest BCUT2D eigenvalue weighted by Gasteiger charge is 2.30. The molecule has 2 aromatic rings. The van der Waals surface area contributed by atoms with Crippen molar-refractivity contribution in [3.63, 3.8) is 0 Å². The van der Waals surface area contributed by atoms with E-state index in [9.17, 15) is 9.59 Å². The fourth-order valence-electron chi connectivity index (χ4n) is 3.92. The third kappa shape index (κ3) is 5.38. The Hall–Kier alpha value is -2.89. The molecule has 0 saturated carbocycles. The molecule has 160 valence electrons. The van der Waals surface area contributed by atoms with Gasteiger partial charge in [-0.25, -0.2) is 4.79 Å². The number of piperidine rings is 1. The van der Waals surface area contributed by atoms with Crippen LogP contribution >= 0.6 is 0 Å². The van der Waals surface area contributed by atoms with Crippen LogP contribution in [0.5, 0.6) is 0 Å². The normalized spacial score (nSPS) is 15.7. The van der Waals surface area contributed by atoms with E-state index in [0.717, 1.165) is 22.5 Å². The fraction of sp³-hybridized carbons (Fsp3) is 0.458. The number of hydrogen-bond acceptors (Lipinski definition) is 3. The van der Waals surface area contributed by atoms with E-state index in [1.54, 1.807) is 11.1 Å². The van der Waals surface area contributed by atoms with E-state index in [1.807, 2.05) is 50.2 Å². The van der Waals surface area contributed by atoms with E-state index in [2.05, 4.69) is 29.5 Å². The lowest BCUT2D eigenvalue weighted by atomic mass is 9.93. The molecule has 1 fully saturated rings. The number of rotatable bonds is 5. The summed E-state index contributed by atoms with van der Waals surface area (Å²) < 4.78 is 0. The highest BCUT2D eigenvalue weighted by molar-refractivity contribution is 5.89. The topological polar surface area (TPSA) is 74.3 Å². The lowest BCUT2D eigenvalue weighted by Crippen LogP contribution is -2.45. The van der Waals surface area contributed by atoms with Gasteiger partial charge in [0.25, 0.3) is 0 Å². The van der Waals surface area contributed by atoms with Gasteiger partial charge in [0, 0.05) is 30.9 Å². The molecule has 30 heavy (non-hydrogen) atoms. The summed E-state index contributed by atoms with van der Waals surface area (Å²) in [6, 6.07) is 11.5. The molecule has 1 saturated heterocycles. The summed E-state index contributed by atoms with van der Waals surface area (Å²) in [6.07, 6.45) is 3.10. The van der Waals surface area contributed by atoms with Gasteiger partial charge in [-0.2, -0.15) is 0 Å². The first kappa shape index (κ1) is 21.8. The number of carbonyl (C=O) groups is 2. The molecule has 1 aromatic carbocycles.